The van der Waals surface area contributed by atoms with Gasteiger partial charge in [0.1, 0.15) is 0 Å². The summed E-state index contributed by atoms with van der Waals surface area (Å²) in [5.41, 5.74) is 2.54. The van der Waals surface area contributed by atoms with Gasteiger partial charge in [-0.15, -0.1) is 0 Å². The fraction of sp³-hybridized carbons (Fsp3) is 0.200. The molecule has 0 amide bonds. The zero-order chi connectivity index (χ0) is 11.6. The smallest absolute Gasteiger partial charge is 0.253 e. The van der Waals surface area contributed by atoms with Gasteiger partial charge in [-0.1, -0.05) is 44.2 Å². The normalized spacial score (nSPS) is 11.4. The first-order valence-electron chi connectivity index (χ1n) is 5.48. The first-order chi connectivity index (χ1) is 7.60. The molecule has 1 heteroatoms. The fourth-order valence-corrected chi connectivity index (χ4v) is 1.91. The highest BCUT2D eigenvalue weighted by atomic mass is 16.3. The number of hydrogen-bond donors (Lipinski definition) is 0. The van der Waals surface area contributed by atoms with E-state index in [-0.39, 0.29) is 5.41 Å². The lowest BCUT2D eigenvalue weighted by Crippen LogP contribution is -2.18. The monoisotopic (exact) mass is 213 g/mol. The molecule has 0 aliphatic carbocycles. The van der Waals surface area contributed by atoms with Gasteiger partial charge in [0.15, 0.2) is 0 Å². The molecule has 2 aromatic rings. The topological polar surface area (TPSA) is 22.9 Å². The molecule has 0 radical (unpaired) electrons. The summed E-state index contributed by atoms with van der Waals surface area (Å²) >= 11 is 0. The van der Waals surface area contributed by atoms with E-state index >= 15 is 0 Å². The minimum absolute atomic E-state index is 0.00500. The van der Waals surface area contributed by atoms with Gasteiger partial charge < -0.3 is 5.11 Å². The Hall–Kier alpha value is -1.76. The van der Waals surface area contributed by atoms with Crippen molar-refractivity contribution in [2.45, 2.75) is 19.3 Å². The predicted molar refractivity (Wildman–Crippen MR) is 68.1 cm³/mol. The van der Waals surface area contributed by atoms with E-state index in [0.29, 0.717) is 5.75 Å². The second-order valence-corrected chi connectivity index (χ2v) is 4.57. The largest absolute Gasteiger partial charge is 0.593 e. The molecule has 1 nitrogen and oxygen atoms in total. The van der Waals surface area contributed by atoms with E-state index in [0.717, 1.165) is 0 Å². The molecular formula is C15H17O+. The number of rotatable bonds is 2. The summed E-state index contributed by atoms with van der Waals surface area (Å²) in [6.07, 6.45) is 0. The van der Waals surface area contributed by atoms with Crippen LogP contribution in [0.25, 0.3) is 0 Å². The summed E-state index contributed by atoms with van der Waals surface area (Å²) in [6.45, 7) is 4.42. The maximum absolute atomic E-state index is 7.50. The van der Waals surface area contributed by atoms with Gasteiger partial charge in [-0.05, 0) is 23.3 Å². The average Bonchev–Trinajstić information content (AvgIpc) is 2.31. The summed E-state index contributed by atoms with van der Waals surface area (Å²) in [6, 6.07) is 18.2. The zero-order valence-electron chi connectivity index (χ0n) is 9.70. The Kier molecular flexibility index (Phi) is 2.69. The van der Waals surface area contributed by atoms with E-state index in [2.05, 4.69) is 38.1 Å². The minimum Gasteiger partial charge on any atom is -0.593 e. The summed E-state index contributed by atoms with van der Waals surface area (Å²) < 4.78 is 0. The third kappa shape index (κ3) is 1.94. The van der Waals surface area contributed by atoms with E-state index in [4.69, 9.17) is 5.11 Å². The molecule has 0 spiro atoms. The Bertz CT molecular complexity index is 455. The molecule has 2 rings (SSSR count). The Balaban J connectivity index is 2.43. The van der Waals surface area contributed by atoms with Crippen molar-refractivity contribution in [3.05, 3.63) is 65.7 Å². The van der Waals surface area contributed by atoms with Crippen LogP contribution in [0.1, 0.15) is 25.0 Å². The Morgan fingerprint density at radius 3 is 1.81 bits per heavy atom. The Morgan fingerprint density at radius 1 is 0.750 bits per heavy atom. The molecule has 0 unspecified atom stereocenters. The second kappa shape index (κ2) is 4.01. The summed E-state index contributed by atoms with van der Waals surface area (Å²) in [5.74, 6) is 0.563. The van der Waals surface area contributed by atoms with E-state index in [9.17, 15) is 0 Å². The summed E-state index contributed by atoms with van der Waals surface area (Å²) in [4.78, 5) is 0. The van der Waals surface area contributed by atoms with Crippen molar-refractivity contribution in [3.8, 4) is 5.75 Å². The van der Waals surface area contributed by atoms with E-state index in [1.165, 1.54) is 11.1 Å². The van der Waals surface area contributed by atoms with Crippen LogP contribution in [0.15, 0.2) is 54.6 Å². The number of benzene rings is 2. The predicted octanol–water partition coefficient (Wildman–Crippen LogP) is 3.45. The molecule has 0 atom stereocenters. The highest BCUT2D eigenvalue weighted by Gasteiger charge is 2.22. The lowest BCUT2D eigenvalue weighted by molar-refractivity contribution is 0.474. The van der Waals surface area contributed by atoms with Crippen LogP contribution in [0.3, 0.4) is 0 Å². The molecule has 0 aliphatic heterocycles. The van der Waals surface area contributed by atoms with Crippen LogP contribution >= 0.6 is 0 Å². The molecule has 0 saturated heterocycles. The van der Waals surface area contributed by atoms with Crippen LogP contribution in [0.4, 0.5) is 0 Å². The lowest BCUT2D eigenvalue weighted by atomic mass is 9.78. The number of hydrogen-bond acceptors (Lipinski definition) is 0. The first-order valence-corrected chi connectivity index (χ1v) is 5.48. The van der Waals surface area contributed by atoms with Crippen molar-refractivity contribution < 1.29 is 5.11 Å². The maximum Gasteiger partial charge on any atom is 0.253 e. The van der Waals surface area contributed by atoms with Crippen LogP contribution in [0.2, 0.25) is 0 Å². The van der Waals surface area contributed by atoms with Gasteiger partial charge in [-0.25, -0.2) is 0 Å². The molecule has 0 aliphatic rings. The molecule has 0 heterocycles. The van der Waals surface area contributed by atoms with Crippen molar-refractivity contribution >= 4 is 0 Å². The summed E-state index contributed by atoms with van der Waals surface area (Å²) in [5, 5.41) is 7.50. The SMILES string of the molecule is CC(C)(c1ccccc1)c1ccc([OH2+])cc1. The molecule has 82 valence electrons. The van der Waals surface area contributed by atoms with E-state index < -0.39 is 0 Å². The minimum atomic E-state index is -0.00500. The van der Waals surface area contributed by atoms with Crippen LogP contribution in [-0.2, 0) is 5.41 Å². The van der Waals surface area contributed by atoms with Crippen LogP contribution in [-0.4, -0.2) is 5.11 Å². The van der Waals surface area contributed by atoms with Gasteiger partial charge in [0.25, 0.3) is 5.75 Å². The lowest BCUT2D eigenvalue weighted by Gasteiger charge is -2.25. The fourth-order valence-electron chi connectivity index (χ4n) is 1.91. The third-order valence-corrected chi connectivity index (χ3v) is 3.10. The zero-order valence-corrected chi connectivity index (χ0v) is 9.70. The van der Waals surface area contributed by atoms with Crippen molar-refractivity contribution in [1.82, 2.24) is 0 Å². The molecule has 2 N–H and O–H groups in total. The van der Waals surface area contributed by atoms with Crippen molar-refractivity contribution in [2.24, 2.45) is 0 Å². The van der Waals surface area contributed by atoms with Crippen molar-refractivity contribution in [1.29, 1.82) is 0 Å². The molecular weight excluding hydrogens is 196 g/mol. The van der Waals surface area contributed by atoms with Crippen LogP contribution in [0, 0.1) is 0 Å². The van der Waals surface area contributed by atoms with Gasteiger partial charge in [0.2, 0.25) is 0 Å². The van der Waals surface area contributed by atoms with Gasteiger partial charge in [-0.2, -0.15) is 0 Å². The van der Waals surface area contributed by atoms with Crippen LogP contribution in [0.5, 0.6) is 5.75 Å². The maximum atomic E-state index is 7.50. The van der Waals surface area contributed by atoms with Crippen molar-refractivity contribution in [2.75, 3.05) is 0 Å². The Labute approximate surface area is 96.4 Å². The van der Waals surface area contributed by atoms with Crippen molar-refractivity contribution in [3.63, 3.8) is 0 Å². The molecule has 2 aromatic carbocycles. The van der Waals surface area contributed by atoms with E-state index in [1.807, 2.05) is 30.3 Å². The highest BCUT2D eigenvalue weighted by molar-refractivity contribution is 5.39. The Morgan fingerprint density at radius 2 is 1.25 bits per heavy atom. The quantitative estimate of drug-likeness (QED) is 0.682. The van der Waals surface area contributed by atoms with E-state index in [1.54, 1.807) is 0 Å². The van der Waals surface area contributed by atoms with Gasteiger partial charge in [0, 0.05) is 17.5 Å². The highest BCUT2D eigenvalue weighted by Crippen LogP contribution is 2.31. The molecule has 0 aromatic heterocycles. The van der Waals surface area contributed by atoms with Gasteiger partial charge >= 0.3 is 0 Å². The molecule has 0 saturated carbocycles. The third-order valence-electron chi connectivity index (χ3n) is 3.10. The van der Waals surface area contributed by atoms with Crippen LogP contribution < -0.4 is 0 Å². The summed E-state index contributed by atoms with van der Waals surface area (Å²) in [7, 11) is 0. The molecule has 0 bridgehead atoms. The first kappa shape index (κ1) is 10.7. The standard InChI is InChI=1S/C15H16O/c1-15(2,12-6-4-3-5-7-12)13-8-10-14(16)11-9-13/h3-11,16H,1-2H3/p+1. The second-order valence-electron chi connectivity index (χ2n) is 4.57. The average molecular weight is 213 g/mol. The van der Waals surface area contributed by atoms with Gasteiger partial charge in [0.05, 0.1) is 0 Å². The molecule has 0 fully saturated rings. The molecule has 16 heavy (non-hydrogen) atoms. The van der Waals surface area contributed by atoms with Gasteiger partial charge in [-0.3, -0.25) is 0 Å².